The second kappa shape index (κ2) is 4.21. The van der Waals surface area contributed by atoms with Crippen molar-refractivity contribution in [1.29, 1.82) is 0 Å². The van der Waals surface area contributed by atoms with Crippen molar-refractivity contribution in [2.24, 2.45) is 0 Å². The summed E-state index contributed by atoms with van der Waals surface area (Å²) in [6.07, 6.45) is -4.26. The Kier molecular flexibility index (Phi) is 3.16. The molecule has 1 rings (SSSR count). The minimum Gasteiger partial charge on any atom is -0.478 e. The van der Waals surface area contributed by atoms with Crippen molar-refractivity contribution < 1.29 is 32.4 Å². The number of carboxylic acids is 1. The van der Waals surface area contributed by atoms with Gasteiger partial charge in [0.2, 0.25) is 0 Å². The van der Waals surface area contributed by atoms with Crippen LogP contribution >= 0.6 is 0 Å². The van der Waals surface area contributed by atoms with Gasteiger partial charge in [0.05, 0.1) is 6.54 Å². The molecule has 0 saturated heterocycles. The number of rotatable bonds is 3. The quantitative estimate of drug-likeness (QED) is 0.802. The highest BCUT2D eigenvalue weighted by molar-refractivity contribution is 5.88. The van der Waals surface area contributed by atoms with E-state index in [1.807, 2.05) is 0 Å². The summed E-state index contributed by atoms with van der Waals surface area (Å²) >= 11 is 0. The van der Waals surface area contributed by atoms with Gasteiger partial charge in [0, 0.05) is 0 Å². The molecule has 2 N–H and O–H groups in total. The van der Waals surface area contributed by atoms with E-state index in [0.717, 1.165) is 6.26 Å². The maximum Gasteiger partial charge on any atom is 0.471 e. The number of nitrogens with one attached hydrogen (secondary N) is 1. The Morgan fingerprint density at radius 2 is 2.12 bits per heavy atom. The third kappa shape index (κ3) is 2.72. The fraction of sp³-hybridized carbons (Fsp3) is 0.286. The van der Waals surface area contributed by atoms with E-state index >= 15 is 0 Å². The Labute approximate surface area is 86.0 Å². The van der Waals surface area contributed by atoms with Gasteiger partial charge in [-0.25, -0.2) is 4.79 Å². The minimum absolute atomic E-state index is 0.287. The molecule has 1 aromatic rings. The lowest BCUT2D eigenvalue weighted by molar-refractivity contribution is -0.173. The van der Waals surface area contributed by atoms with Gasteiger partial charge in [-0.15, -0.1) is 0 Å². The van der Waals surface area contributed by atoms with Gasteiger partial charge >= 0.3 is 18.1 Å². The SMILES string of the molecule is O=C(O)c1conc1CNC(=O)C(F)(F)F. The molecule has 0 spiro atoms. The lowest BCUT2D eigenvalue weighted by Crippen LogP contribution is -2.36. The van der Waals surface area contributed by atoms with E-state index in [1.165, 1.54) is 5.32 Å². The van der Waals surface area contributed by atoms with E-state index in [-0.39, 0.29) is 5.69 Å². The van der Waals surface area contributed by atoms with Crippen LogP contribution < -0.4 is 5.32 Å². The van der Waals surface area contributed by atoms with Gasteiger partial charge in [0.15, 0.2) is 0 Å². The van der Waals surface area contributed by atoms with Crippen LogP contribution in [0.5, 0.6) is 0 Å². The van der Waals surface area contributed by atoms with Crippen LogP contribution in [-0.2, 0) is 11.3 Å². The molecule has 9 heteroatoms. The molecule has 1 heterocycles. The number of halogens is 3. The zero-order valence-corrected chi connectivity index (χ0v) is 7.54. The highest BCUT2D eigenvalue weighted by Gasteiger charge is 2.38. The fourth-order valence-corrected chi connectivity index (χ4v) is 0.825. The number of carbonyl (C=O) groups is 2. The van der Waals surface area contributed by atoms with Crippen LogP contribution in [0.1, 0.15) is 16.1 Å². The van der Waals surface area contributed by atoms with E-state index in [0.29, 0.717) is 0 Å². The van der Waals surface area contributed by atoms with Crippen LogP contribution in [0.4, 0.5) is 13.2 Å². The van der Waals surface area contributed by atoms with Crippen LogP contribution in [0, 0.1) is 0 Å². The van der Waals surface area contributed by atoms with Crippen molar-refractivity contribution in [3.63, 3.8) is 0 Å². The predicted octanol–water partition coefficient (Wildman–Crippen LogP) is 0.551. The smallest absolute Gasteiger partial charge is 0.471 e. The molecule has 88 valence electrons. The van der Waals surface area contributed by atoms with Crippen LogP contribution in [-0.4, -0.2) is 28.3 Å². The van der Waals surface area contributed by atoms with Gasteiger partial charge in [0.25, 0.3) is 0 Å². The molecule has 6 nitrogen and oxygen atoms in total. The molecule has 1 amide bonds. The van der Waals surface area contributed by atoms with E-state index in [2.05, 4.69) is 9.68 Å². The number of aromatic carboxylic acids is 1. The molecule has 0 unspecified atom stereocenters. The zero-order chi connectivity index (χ0) is 12.3. The largest absolute Gasteiger partial charge is 0.478 e. The summed E-state index contributed by atoms with van der Waals surface area (Å²) in [5.74, 6) is -3.58. The summed E-state index contributed by atoms with van der Waals surface area (Å²) in [6, 6.07) is 0. The standard InChI is InChI=1S/C7H5F3N2O4/c8-7(9,10)6(15)11-1-4-3(5(13)14)2-16-12-4/h2H,1H2,(H,11,15)(H,13,14). The van der Waals surface area contributed by atoms with Gasteiger partial charge in [0.1, 0.15) is 17.5 Å². The number of carboxylic acid groups (broad SMARTS) is 1. The average molecular weight is 238 g/mol. The summed E-state index contributed by atoms with van der Waals surface area (Å²) in [5.41, 5.74) is -0.687. The van der Waals surface area contributed by atoms with E-state index < -0.39 is 30.2 Å². The van der Waals surface area contributed by atoms with Gasteiger partial charge in [-0.2, -0.15) is 13.2 Å². The number of alkyl halides is 3. The lowest BCUT2D eigenvalue weighted by atomic mass is 10.2. The second-order valence-electron chi connectivity index (χ2n) is 2.66. The number of hydrogen-bond donors (Lipinski definition) is 2. The van der Waals surface area contributed by atoms with Crippen molar-refractivity contribution in [3.8, 4) is 0 Å². The highest BCUT2D eigenvalue weighted by Crippen LogP contribution is 2.14. The Bertz CT molecular complexity index is 412. The molecule has 0 fully saturated rings. The fourth-order valence-electron chi connectivity index (χ4n) is 0.825. The monoisotopic (exact) mass is 238 g/mol. The highest BCUT2D eigenvalue weighted by atomic mass is 19.4. The maximum absolute atomic E-state index is 11.8. The molecular formula is C7H5F3N2O4. The van der Waals surface area contributed by atoms with Crippen LogP contribution in [0.2, 0.25) is 0 Å². The van der Waals surface area contributed by atoms with Gasteiger partial charge in [-0.05, 0) is 0 Å². The Morgan fingerprint density at radius 1 is 1.50 bits per heavy atom. The number of amides is 1. The van der Waals surface area contributed by atoms with E-state index in [9.17, 15) is 22.8 Å². The molecule has 0 aliphatic heterocycles. The number of hydrogen-bond acceptors (Lipinski definition) is 4. The third-order valence-corrected chi connectivity index (χ3v) is 1.55. The van der Waals surface area contributed by atoms with E-state index in [4.69, 9.17) is 5.11 Å². The molecule has 0 aliphatic rings. The molecule has 0 atom stereocenters. The van der Waals surface area contributed by atoms with Gasteiger partial charge in [-0.1, -0.05) is 5.16 Å². The first-order valence-corrected chi connectivity index (χ1v) is 3.84. The third-order valence-electron chi connectivity index (χ3n) is 1.55. The van der Waals surface area contributed by atoms with Crippen LogP contribution in [0.3, 0.4) is 0 Å². The topological polar surface area (TPSA) is 92.4 Å². The first-order valence-electron chi connectivity index (χ1n) is 3.84. The first-order chi connectivity index (χ1) is 7.32. The predicted molar refractivity (Wildman–Crippen MR) is 41.4 cm³/mol. The zero-order valence-electron chi connectivity index (χ0n) is 7.54. The summed E-state index contributed by atoms with van der Waals surface area (Å²) in [6.45, 7) is -0.670. The van der Waals surface area contributed by atoms with Crippen molar-refractivity contribution >= 4 is 11.9 Å². The van der Waals surface area contributed by atoms with Gasteiger partial charge in [-0.3, -0.25) is 4.79 Å². The van der Waals surface area contributed by atoms with E-state index in [1.54, 1.807) is 0 Å². The molecular weight excluding hydrogens is 233 g/mol. The Hall–Kier alpha value is -2.06. The lowest BCUT2D eigenvalue weighted by Gasteiger charge is -2.05. The molecule has 0 aliphatic carbocycles. The van der Waals surface area contributed by atoms with Crippen LogP contribution in [0.25, 0.3) is 0 Å². The minimum atomic E-state index is -5.02. The Balaban J connectivity index is 2.65. The Morgan fingerprint density at radius 3 is 2.62 bits per heavy atom. The molecule has 0 saturated carbocycles. The first kappa shape index (κ1) is 12.0. The van der Waals surface area contributed by atoms with Crippen molar-refractivity contribution in [1.82, 2.24) is 10.5 Å². The number of carbonyl (C=O) groups excluding carboxylic acids is 1. The number of aromatic nitrogens is 1. The molecule has 0 radical (unpaired) electrons. The number of nitrogens with zero attached hydrogens (tertiary/aromatic N) is 1. The van der Waals surface area contributed by atoms with Gasteiger partial charge < -0.3 is 14.9 Å². The molecule has 0 bridgehead atoms. The van der Waals surface area contributed by atoms with Crippen molar-refractivity contribution in [3.05, 3.63) is 17.5 Å². The summed E-state index contributed by atoms with van der Waals surface area (Å²) in [4.78, 5) is 20.9. The summed E-state index contributed by atoms with van der Waals surface area (Å²) in [5, 5.41) is 13.2. The van der Waals surface area contributed by atoms with Crippen molar-refractivity contribution in [2.75, 3.05) is 0 Å². The van der Waals surface area contributed by atoms with Crippen LogP contribution in [0.15, 0.2) is 10.8 Å². The molecule has 16 heavy (non-hydrogen) atoms. The molecule has 0 aromatic carbocycles. The molecule has 1 aromatic heterocycles. The summed E-state index contributed by atoms with van der Waals surface area (Å²) in [7, 11) is 0. The average Bonchev–Trinajstić information content (AvgIpc) is 2.60. The normalized spacial score (nSPS) is 11.2. The second-order valence-corrected chi connectivity index (χ2v) is 2.66. The maximum atomic E-state index is 11.8. The summed E-state index contributed by atoms with van der Waals surface area (Å²) < 4.78 is 39.6. The van der Waals surface area contributed by atoms with Crippen molar-refractivity contribution in [2.45, 2.75) is 12.7 Å².